The number of anilines is 4. The van der Waals surface area contributed by atoms with E-state index in [1.54, 1.807) is 60.7 Å². The van der Waals surface area contributed by atoms with E-state index in [9.17, 15) is 62.3 Å². The molecule has 6 aromatic rings. The number of halogens is 12. The average molecular weight is 955 g/mol. The van der Waals surface area contributed by atoms with Crippen molar-refractivity contribution in [2.24, 2.45) is 0 Å². The Kier molecular flexibility index (Phi) is 12.8. The van der Waals surface area contributed by atoms with Crippen molar-refractivity contribution in [3.63, 3.8) is 0 Å². The first-order chi connectivity index (χ1) is 32.0. The van der Waals surface area contributed by atoms with Gasteiger partial charge in [0.1, 0.15) is 0 Å². The zero-order chi connectivity index (χ0) is 48.8. The molecule has 0 aromatic heterocycles. The number of carbonyl (C=O) groups is 2. The molecule has 0 atom stereocenters. The average Bonchev–Trinajstić information content (AvgIpc) is 3.28. The van der Waals surface area contributed by atoms with Crippen molar-refractivity contribution in [3.8, 4) is 33.4 Å². The Bertz CT molecular complexity index is 2630. The molecular weight excluding hydrogens is 917 g/mol. The number of aryl methyl sites for hydroxylation is 2. The molecular formula is C50H38F12N4O2. The number of alkyl halides is 12. The predicted octanol–water partition coefficient (Wildman–Crippen LogP) is 15.8. The predicted molar refractivity (Wildman–Crippen MR) is 234 cm³/mol. The number of carbonyl (C=O) groups excluding carboxylic acids is 2. The van der Waals surface area contributed by atoms with Crippen molar-refractivity contribution in [1.29, 1.82) is 0 Å². The smallest absolute Gasteiger partial charge is 0.308 e. The van der Waals surface area contributed by atoms with E-state index in [1.807, 2.05) is 12.1 Å². The lowest BCUT2D eigenvalue weighted by Gasteiger charge is -2.31. The lowest BCUT2D eigenvalue weighted by molar-refractivity contribution is -0.144. The maximum absolute atomic E-state index is 14.3. The highest BCUT2D eigenvalue weighted by Gasteiger charge is 2.39. The van der Waals surface area contributed by atoms with Crippen LogP contribution in [0, 0.1) is 0 Å². The van der Waals surface area contributed by atoms with Crippen LogP contribution in [0.2, 0.25) is 0 Å². The maximum Gasteiger partial charge on any atom is 0.416 e. The van der Waals surface area contributed by atoms with Crippen LogP contribution in [0.5, 0.6) is 0 Å². The second kappa shape index (κ2) is 18.3. The molecule has 68 heavy (non-hydrogen) atoms. The van der Waals surface area contributed by atoms with Gasteiger partial charge in [0.15, 0.2) is 0 Å². The first-order valence-corrected chi connectivity index (χ1v) is 21.3. The fourth-order valence-corrected chi connectivity index (χ4v) is 8.92. The SMILES string of the molecule is O=C(Nc1cc(C(F)(F)F)cc(C(F)(F)F)c1)Nc1c(-c2ccccc2)cc2c(c1-c1c3c(cc(-c4ccccc4)c1NC(=O)Nc1cc(C(F)(F)F)cc(C(F)(F)F)c1)CCCC3)CCCC2. The molecule has 4 N–H and O–H groups in total. The van der Waals surface area contributed by atoms with Crippen LogP contribution in [0.15, 0.2) is 109 Å². The van der Waals surface area contributed by atoms with Crippen molar-refractivity contribution in [2.75, 3.05) is 21.3 Å². The number of amides is 4. The van der Waals surface area contributed by atoms with Gasteiger partial charge in [-0.05, 0) is 133 Å². The van der Waals surface area contributed by atoms with E-state index in [-0.39, 0.29) is 23.5 Å². The van der Waals surface area contributed by atoms with Crippen molar-refractivity contribution in [3.05, 3.63) is 154 Å². The lowest BCUT2D eigenvalue weighted by Crippen LogP contribution is -2.24. The number of nitrogens with one attached hydrogen (secondary N) is 4. The van der Waals surface area contributed by atoms with E-state index < -0.39 is 70.4 Å². The van der Waals surface area contributed by atoms with Crippen LogP contribution in [0.3, 0.4) is 0 Å². The number of benzene rings is 6. The molecule has 0 heterocycles. The highest BCUT2D eigenvalue weighted by Crippen LogP contribution is 2.52. The Labute approximate surface area is 380 Å². The third-order valence-corrected chi connectivity index (χ3v) is 11.9. The van der Waals surface area contributed by atoms with E-state index in [0.717, 1.165) is 24.0 Å². The topological polar surface area (TPSA) is 82.3 Å². The Morgan fingerprint density at radius 1 is 0.382 bits per heavy atom. The van der Waals surface area contributed by atoms with Crippen LogP contribution in [-0.4, -0.2) is 12.1 Å². The fourth-order valence-electron chi connectivity index (χ4n) is 8.92. The van der Waals surface area contributed by atoms with E-state index in [0.29, 0.717) is 107 Å². The van der Waals surface area contributed by atoms with E-state index in [2.05, 4.69) is 21.3 Å². The summed E-state index contributed by atoms with van der Waals surface area (Å²) >= 11 is 0. The molecule has 2 aliphatic rings. The standard InChI is InChI=1S/C50H38F12N4O2/c51-47(52,53)31-21-32(48(54,55)56)24-35(23-31)63-45(67)65-43-39(27-11-3-1-4-12-27)19-29-15-7-9-17-37(29)41(43)42-38-18-10-8-16-30(38)20-40(28-13-5-2-6-14-28)44(42)66-46(68)64-36-25-33(49(57,58)59)22-34(26-36)50(60,61)62/h1-6,11-14,19-26H,7-10,15-18H2,(H2,63,65,67)(H2,64,66,68). The maximum atomic E-state index is 14.3. The van der Waals surface area contributed by atoms with Crippen LogP contribution < -0.4 is 21.3 Å². The van der Waals surface area contributed by atoms with Gasteiger partial charge >= 0.3 is 36.8 Å². The minimum atomic E-state index is -5.22. The minimum absolute atomic E-state index is 0.0616. The summed E-state index contributed by atoms with van der Waals surface area (Å²) < 4.78 is 167. The van der Waals surface area contributed by atoms with E-state index >= 15 is 0 Å². The lowest BCUT2D eigenvalue weighted by atomic mass is 9.76. The van der Waals surface area contributed by atoms with Crippen molar-refractivity contribution < 1.29 is 62.3 Å². The van der Waals surface area contributed by atoms with Gasteiger partial charge in [-0.3, -0.25) is 0 Å². The van der Waals surface area contributed by atoms with Gasteiger partial charge in [0.2, 0.25) is 0 Å². The summed E-state index contributed by atoms with van der Waals surface area (Å²) in [4.78, 5) is 28.5. The van der Waals surface area contributed by atoms with Gasteiger partial charge in [-0.25, -0.2) is 9.59 Å². The van der Waals surface area contributed by atoms with Gasteiger partial charge in [-0.15, -0.1) is 0 Å². The van der Waals surface area contributed by atoms with Crippen LogP contribution in [-0.2, 0) is 50.4 Å². The third kappa shape index (κ3) is 10.3. The van der Waals surface area contributed by atoms with Crippen molar-refractivity contribution in [1.82, 2.24) is 0 Å². The van der Waals surface area contributed by atoms with Crippen LogP contribution >= 0.6 is 0 Å². The van der Waals surface area contributed by atoms with Crippen LogP contribution in [0.1, 0.15) is 70.2 Å². The molecule has 0 saturated carbocycles. The molecule has 0 radical (unpaired) electrons. The molecule has 6 aromatic carbocycles. The zero-order valence-corrected chi connectivity index (χ0v) is 35.4. The Hall–Kier alpha value is -6.98. The van der Waals surface area contributed by atoms with E-state index in [1.165, 1.54) is 0 Å². The number of hydrogen-bond acceptors (Lipinski definition) is 2. The molecule has 0 spiro atoms. The van der Waals surface area contributed by atoms with Gasteiger partial charge in [-0.2, -0.15) is 52.7 Å². The monoisotopic (exact) mass is 954 g/mol. The summed E-state index contributed by atoms with van der Waals surface area (Å²) in [5.74, 6) is 0. The Morgan fingerprint density at radius 3 is 1.00 bits per heavy atom. The Morgan fingerprint density at radius 2 is 0.691 bits per heavy atom. The van der Waals surface area contributed by atoms with Crippen molar-refractivity contribution >= 4 is 34.8 Å². The molecule has 8 rings (SSSR count). The molecule has 4 amide bonds. The normalized spacial score (nSPS) is 14.1. The first-order valence-electron chi connectivity index (χ1n) is 21.3. The first kappa shape index (κ1) is 47.5. The molecule has 0 fully saturated rings. The van der Waals surface area contributed by atoms with Crippen molar-refractivity contribution in [2.45, 2.75) is 76.1 Å². The summed E-state index contributed by atoms with van der Waals surface area (Å²) in [6, 6.07) is 19.8. The zero-order valence-electron chi connectivity index (χ0n) is 35.4. The molecule has 0 bridgehead atoms. The molecule has 354 valence electrons. The molecule has 0 aliphatic heterocycles. The molecule has 0 unspecified atom stereocenters. The summed E-state index contributed by atoms with van der Waals surface area (Å²) in [6.45, 7) is 0. The quantitative estimate of drug-likeness (QED) is 0.120. The highest BCUT2D eigenvalue weighted by molar-refractivity contribution is 6.12. The second-order valence-electron chi connectivity index (χ2n) is 16.5. The molecule has 18 heteroatoms. The summed E-state index contributed by atoms with van der Waals surface area (Å²) in [7, 11) is 0. The largest absolute Gasteiger partial charge is 0.416 e. The molecule has 2 aliphatic carbocycles. The van der Waals surface area contributed by atoms with Crippen LogP contribution in [0.25, 0.3) is 33.4 Å². The fraction of sp³-hybridized carbons (Fsp3) is 0.240. The van der Waals surface area contributed by atoms with Crippen LogP contribution in [0.4, 0.5) is 85.0 Å². The molecule has 0 saturated heterocycles. The number of fused-ring (bicyclic) bond motifs is 2. The number of urea groups is 2. The highest BCUT2D eigenvalue weighted by atomic mass is 19.4. The van der Waals surface area contributed by atoms with Gasteiger partial charge in [0, 0.05) is 33.6 Å². The van der Waals surface area contributed by atoms with E-state index in [4.69, 9.17) is 0 Å². The minimum Gasteiger partial charge on any atom is -0.308 e. The van der Waals surface area contributed by atoms with Gasteiger partial charge < -0.3 is 21.3 Å². The Balaban J connectivity index is 1.37. The second-order valence-corrected chi connectivity index (χ2v) is 16.5. The van der Waals surface area contributed by atoms with Gasteiger partial charge in [-0.1, -0.05) is 60.7 Å². The number of hydrogen-bond donors (Lipinski definition) is 4. The van der Waals surface area contributed by atoms with Gasteiger partial charge in [0.05, 0.1) is 33.6 Å². The third-order valence-electron chi connectivity index (χ3n) is 11.9. The number of rotatable bonds is 7. The summed E-state index contributed by atoms with van der Waals surface area (Å²) in [5.41, 5.74) is -2.57. The summed E-state index contributed by atoms with van der Waals surface area (Å²) in [6.07, 6.45) is -16.2. The molecule has 6 nitrogen and oxygen atoms in total. The van der Waals surface area contributed by atoms with Gasteiger partial charge in [0.25, 0.3) is 0 Å². The summed E-state index contributed by atoms with van der Waals surface area (Å²) in [5, 5.41) is 9.86.